The summed E-state index contributed by atoms with van der Waals surface area (Å²) in [5.41, 5.74) is 18.0. The number of carbonyl (C=O) groups excluding carboxylic acids is 1. The third kappa shape index (κ3) is 10.0. The molecule has 1 amide bonds. The van der Waals surface area contributed by atoms with Crippen LogP contribution in [0.4, 0.5) is 11.4 Å². The number of benzene rings is 2. The number of hydrogen-bond donors (Lipinski definition) is 5. The van der Waals surface area contributed by atoms with Crippen LogP contribution in [0.2, 0.25) is 10.0 Å². The number of rotatable bonds is 18. The second-order valence-corrected chi connectivity index (χ2v) is 20.0. The molecule has 368 valence electrons. The maximum absolute atomic E-state index is 13.6. The summed E-state index contributed by atoms with van der Waals surface area (Å²) >= 11 is 12.5. The van der Waals surface area contributed by atoms with Gasteiger partial charge in [-0.2, -0.15) is 0 Å². The van der Waals surface area contributed by atoms with E-state index in [9.17, 15) is 9.90 Å². The Morgan fingerprint density at radius 3 is 2.15 bits per heavy atom. The van der Waals surface area contributed by atoms with Crippen LogP contribution in [0.5, 0.6) is 0 Å². The molecular formula is C58H60Cl2N10O2. The molecule has 12 nitrogen and oxygen atoms in total. The first-order valence-corrected chi connectivity index (χ1v) is 25.9. The zero-order chi connectivity index (χ0) is 50.0. The lowest BCUT2D eigenvalue weighted by Gasteiger charge is -2.24. The molecule has 0 saturated carbocycles. The highest BCUT2D eigenvalue weighted by Gasteiger charge is 2.39. The number of halogens is 2. The second-order valence-electron chi connectivity index (χ2n) is 19.1. The molecule has 1 aliphatic carbocycles. The van der Waals surface area contributed by atoms with E-state index >= 15 is 0 Å². The van der Waals surface area contributed by atoms with Crippen molar-refractivity contribution in [3.05, 3.63) is 175 Å². The number of aliphatic imine (C=N–C) groups is 3. The molecule has 2 aromatic carbocycles. The lowest BCUT2D eigenvalue weighted by molar-refractivity contribution is -0.121. The maximum Gasteiger partial charge on any atom is 0.220 e. The highest BCUT2D eigenvalue weighted by Crippen LogP contribution is 2.45. The van der Waals surface area contributed by atoms with Gasteiger partial charge in [-0.25, -0.2) is 15.0 Å². The minimum atomic E-state index is 0.0194. The first kappa shape index (κ1) is 48.8. The molecule has 7 heterocycles. The summed E-state index contributed by atoms with van der Waals surface area (Å²) in [6.45, 7) is 17.1. The molecule has 5 aliphatic heterocycles. The standard InChI is InChI=1S/C58H60Cl2N10O2/c1-6-40-33(3)47-29-39-26-36(57(66-39)44-30-54(71)56-35(5)49(69-58(44)56)32-53-41(7-2)34(4)48(68-53)31-52(40)67-47)10-15-55(72)65-18-8-9-23-70(24-21-63-45-16-19-61-50-27-37(59)11-13-42(45)50)25-22-64-46-17-20-62-51-28-38(60)12-14-43(46)51/h6,11-14,16-17,19-20,27-29,31-32,36,66,71H,1,7-10,15,18,21-26,30H2,2-5H3,(H,61,63)(H,62,64)(H,65,72). The molecule has 6 aliphatic rings. The molecule has 1 saturated heterocycles. The Morgan fingerprint density at radius 1 is 0.819 bits per heavy atom. The van der Waals surface area contributed by atoms with Crippen molar-refractivity contribution in [1.29, 1.82) is 0 Å². The van der Waals surface area contributed by atoms with E-state index in [2.05, 4.69) is 81.7 Å². The smallest absolute Gasteiger partial charge is 0.220 e. The van der Waals surface area contributed by atoms with Gasteiger partial charge in [-0.05, 0) is 148 Å². The largest absolute Gasteiger partial charge is 0.511 e. The van der Waals surface area contributed by atoms with Crippen LogP contribution in [0.15, 0.2) is 180 Å². The quantitative estimate of drug-likeness (QED) is 0.0618. The molecule has 5 N–H and O–H groups in total. The highest BCUT2D eigenvalue weighted by molar-refractivity contribution is 6.31. The van der Waals surface area contributed by atoms with Crippen LogP contribution in [-0.4, -0.2) is 82.3 Å². The van der Waals surface area contributed by atoms with Crippen molar-refractivity contribution in [2.75, 3.05) is 49.9 Å². The average Bonchev–Trinajstić information content (AvgIpc) is 4.15. The van der Waals surface area contributed by atoms with Gasteiger partial charge >= 0.3 is 0 Å². The predicted octanol–water partition coefficient (Wildman–Crippen LogP) is 12.2. The Morgan fingerprint density at radius 2 is 1.49 bits per heavy atom. The number of carbonyl (C=O) groups is 1. The average molecular weight is 1000 g/mol. The van der Waals surface area contributed by atoms with Crippen LogP contribution in [0.25, 0.3) is 21.8 Å². The molecule has 0 radical (unpaired) electrons. The summed E-state index contributed by atoms with van der Waals surface area (Å²) < 4.78 is 0. The number of pyridine rings is 2. The summed E-state index contributed by atoms with van der Waals surface area (Å²) in [6.07, 6.45) is 16.5. The lowest BCUT2D eigenvalue weighted by Crippen LogP contribution is -2.34. The van der Waals surface area contributed by atoms with Crippen molar-refractivity contribution in [3.8, 4) is 0 Å². The summed E-state index contributed by atoms with van der Waals surface area (Å²) in [4.78, 5) is 40.5. The number of aliphatic hydroxyl groups is 1. The molecule has 1 fully saturated rings. The van der Waals surface area contributed by atoms with Gasteiger partial charge in [0.05, 0.1) is 45.3 Å². The molecule has 1 atom stereocenters. The number of amides is 1. The third-order valence-corrected chi connectivity index (χ3v) is 15.1. The Hall–Kier alpha value is -6.86. The van der Waals surface area contributed by atoms with Gasteiger partial charge in [0.1, 0.15) is 5.76 Å². The van der Waals surface area contributed by atoms with E-state index < -0.39 is 0 Å². The first-order valence-electron chi connectivity index (χ1n) is 25.1. The van der Waals surface area contributed by atoms with Gasteiger partial charge < -0.3 is 26.4 Å². The number of aliphatic hydroxyl groups excluding tert-OH is 1. The lowest BCUT2D eigenvalue weighted by atomic mass is 9.93. The van der Waals surface area contributed by atoms with Crippen molar-refractivity contribution in [1.82, 2.24) is 25.5 Å². The summed E-state index contributed by atoms with van der Waals surface area (Å²) in [7, 11) is 0. The Labute approximate surface area is 431 Å². The number of anilines is 2. The van der Waals surface area contributed by atoms with Crippen LogP contribution >= 0.6 is 23.2 Å². The summed E-state index contributed by atoms with van der Waals surface area (Å²) in [6, 6.07) is 15.6. The van der Waals surface area contributed by atoms with Crippen molar-refractivity contribution in [2.24, 2.45) is 20.9 Å². The summed E-state index contributed by atoms with van der Waals surface area (Å²) in [5, 5.41) is 29.2. The maximum atomic E-state index is 13.6. The van der Waals surface area contributed by atoms with Gasteiger partial charge in [0.2, 0.25) is 5.91 Å². The van der Waals surface area contributed by atoms with Crippen molar-refractivity contribution >= 4 is 79.4 Å². The second kappa shape index (κ2) is 21.1. The van der Waals surface area contributed by atoms with Gasteiger partial charge in [0.15, 0.2) is 0 Å². The number of unbranched alkanes of at least 4 members (excludes halogenated alkanes) is 1. The molecule has 14 heteroatoms. The number of nitrogens with one attached hydrogen (secondary N) is 4. The fourth-order valence-electron chi connectivity index (χ4n) is 10.7. The van der Waals surface area contributed by atoms with Crippen LogP contribution in [0.1, 0.15) is 72.6 Å². The zero-order valence-corrected chi connectivity index (χ0v) is 42.9. The number of aromatic nitrogens is 2. The number of fused-ring (bicyclic) bond motifs is 7. The third-order valence-electron chi connectivity index (χ3n) is 14.6. The summed E-state index contributed by atoms with van der Waals surface area (Å²) in [5.74, 6) is 0.378. The van der Waals surface area contributed by atoms with Crippen LogP contribution in [-0.2, 0) is 4.79 Å². The Bertz CT molecular complexity index is 3220. The van der Waals surface area contributed by atoms with Crippen LogP contribution in [0.3, 0.4) is 0 Å². The first-order chi connectivity index (χ1) is 35.0. The monoisotopic (exact) mass is 998 g/mol. The normalized spacial score (nSPS) is 18.3. The van der Waals surface area contributed by atoms with Crippen molar-refractivity contribution in [2.45, 2.75) is 72.6 Å². The predicted molar refractivity (Wildman–Crippen MR) is 296 cm³/mol. The van der Waals surface area contributed by atoms with E-state index in [1.165, 1.54) is 5.57 Å². The molecular weight excluding hydrogens is 940 g/mol. The van der Waals surface area contributed by atoms with Gasteiger partial charge in [0.25, 0.3) is 0 Å². The highest BCUT2D eigenvalue weighted by atomic mass is 35.5. The Kier molecular flexibility index (Phi) is 14.3. The number of hydrogen-bond acceptors (Lipinski definition) is 11. The SMILES string of the molecule is C=CC1=C(C)C2=NC1=CC1=NC(=CC3=C(C)C4=C(O)CC(=C5NC(=C2)CC5CCC(=O)NCCCCN(CCNc2ccnc5cc(Cl)ccc25)CCNc2ccnc5cc(Cl)ccc25)C4=N3)C(CC)=C1C. The minimum Gasteiger partial charge on any atom is -0.511 e. The van der Waals surface area contributed by atoms with Crippen LogP contribution in [0, 0.1) is 5.92 Å². The van der Waals surface area contributed by atoms with Crippen LogP contribution < -0.4 is 21.3 Å². The van der Waals surface area contributed by atoms with Gasteiger partial charge in [-0.15, -0.1) is 0 Å². The van der Waals surface area contributed by atoms with Crippen molar-refractivity contribution < 1.29 is 9.90 Å². The molecule has 0 spiro atoms. The topological polar surface area (TPSA) is 152 Å². The zero-order valence-electron chi connectivity index (χ0n) is 41.4. The van der Waals surface area contributed by atoms with Gasteiger partial charge in [-0.3, -0.25) is 19.7 Å². The fraction of sp³-hybridized carbons (Fsp3) is 0.310. The van der Waals surface area contributed by atoms with Gasteiger partial charge in [0, 0.05) is 124 Å². The molecule has 10 rings (SSSR count). The van der Waals surface area contributed by atoms with E-state index in [4.69, 9.17) is 38.2 Å². The fourth-order valence-corrected chi connectivity index (χ4v) is 11.1. The molecule has 72 heavy (non-hydrogen) atoms. The van der Waals surface area contributed by atoms with E-state index in [-0.39, 0.29) is 11.8 Å². The minimum absolute atomic E-state index is 0.0194. The Balaban J connectivity index is 0.797. The van der Waals surface area contributed by atoms with E-state index in [1.807, 2.05) is 73.9 Å². The van der Waals surface area contributed by atoms with E-state index in [1.54, 1.807) is 0 Å². The molecule has 4 aromatic rings. The molecule has 2 aromatic heterocycles. The van der Waals surface area contributed by atoms with Crippen molar-refractivity contribution in [3.63, 3.8) is 0 Å². The molecule has 8 bridgehead atoms. The van der Waals surface area contributed by atoms with Gasteiger partial charge in [-0.1, -0.05) is 42.8 Å². The van der Waals surface area contributed by atoms with E-state index in [0.29, 0.717) is 48.0 Å². The molecule has 1 unspecified atom stereocenters. The van der Waals surface area contributed by atoms with E-state index in [0.717, 1.165) is 164 Å². The number of nitrogens with zero attached hydrogens (tertiary/aromatic N) is 6. The number of allylic oxidation sites excluding steroid dienone is 12.